The summed E-state index contributed by atoms with van der Waals surface area (Å²) in [4.78, 5) is 0. The van der Waals surface area contributed by atoms with Crippen LogP contribution in [0.1, 0.15) is 122 Å². The highest BCUT2D eigenvalue weighted by Crippen LogP contribution is 2.51. The summed E-state index contributed by atoms with van der Waals surface area (Å²) in [5.74, 6) is 0. The van der Waals surface area contributed by atoms with Crippen molar-refractivity contribution in [3.05, 3.63) is 130 Å². The molecule has 3 aliphatic carbocycles. The van der Waals surface area contributed by atoms with Gasteiger partial charge in [-0.15, -0.1) is 0 Å². The molecule has 0 spiro atoms. The van der Waals surface area contributed by atoms with E-state index in [1.807, 2.05) is 0 Å². The summed E-state index contributed by atoms with van der Waals surface area (Å²) in [6, 6.07) is 32.4. The van der Waals surface area contributed by atoms with Crippen LogP contribution in [-0.4, -0.2) is 0 Å². The van der Waals surface area contributed by atoms with Crippen molar-refractivity contribution in [1.29, 1.82) is 0 Å². The molecule has 0 unspecified atom stereocenters. The van der Waals surface area contributed by atoms with Crippen LogP contribution in [0.5, 0.6) is 0 Å². The van der Waals surface area contributed by atoms with Crippen molar-refractivity contribution in [2.45, 2.75) is 99.3 Å². The fourth-order valence-electron chi connectivity index (χ4n) is 6.42. The van der Waals surface area contributed by atoms with Gasteiger partial charge in [0, 0.05) is 34.3 Å². The smallest absolute Gasteiger partial charge is 0.0622 e. The fraction of sp³-hybridized carbons (Fsp3) is 0.372. The lowest BCUT2D eigenvalue weighted by molar-refractivity contribution is 0.568. The van der Waals surface area contributed by atoms with Crippen molar-refractivity contribution in [2.75, 3.05) is 0 Å². The van der Waals surface area contributed by atoms with Gasteiger partial charge in [0.15, 0.2) is 0 Å². The van der Waals surface area contributed by atoms with Crippen molar-refractivity contribution < 1.29 is 0 Å². The Morgan fingerprint density at radius 2 is 1.09 bits per heavy atom. The van der Waals surface area contributed by atoms with Crippen molar-refractivity contribution in [3.8, 4) is 11.1 Å². The lowest BCUT2D eigenvalue weighted by atomic mass is 9.83. The average molecular weight is 568 g/mol. The number of rotatable bonds is 2. The maximum atomic E-state index is 2.49. The van der Waals surface area contributed by atoms with E-state index in [1.165, 1.54) is 66.8 Å². The van der Waals surface area contributed by atoms with E-state index in [9.17, 15) is 0 Å². The highest BCUT2D eigenvalue weighted by atomic mass is 14.4. The molecule has 5 rings (SSSR count). The first-order chi connectivity index (χ1) is 19.9. The molecule has 0 aliphatic heterocycles. The summed E-state index contributed by atoms with van der Waals surface area (Å²) in [6.45, 7) is 27.9. The highest BCUT2D eigenvalue weighted by Gasteiger charge is 2.37. The van der Waals surface area contributed by atoms with Gasteiger partial charge in [0.1, 0.15) is 0 Å². The van der Waals surface area contributed by atoms with E-state index in [-0.39, 0.29) is 21.7 Å². The van der Waals surface area contributed by atoms with Gasteiger partial charge in [0.2, 0.25) is 0 Å². The van der Waals surface area contributed by atoms with Crippen molar-refractivity contribution in [2.24, 2.45) is 5.41 Å². The molecule has 43 heavy (non-hydrogen) atoms. The minimum Gasteiger partial charge on any atom is -0.0622 e. The highest BCUT2D eigenvalue weighted by molar-refractivity contribution is 6.12. The van der Waals surface area contributed by atoms with Crippen LogP contribution >= 0.6 is 0 Å². The van der Waals surface area contributed by atoms with E-state index in [4.69, 9.17) is 0 Å². The summed E-state index contributed by atoms with van der Waals surface area (Å²) in [5.41, 5.74) is 16.2. The number of fused-ring (bicyclic) bond motifs is 2. The minimum atomic E-state index is 0.00720. The van der Waals surface area contributed by atoms with Gasteiger partial charge in [-0.3, -0.25) is 0 Å². The van der Waals surface area contributed by atoms with Crippen LogP contribution < -0.4 is 0 Å². The summed E-state index contributed by atoms with van der Waals surface area (Å²) < 4.78 is 0. The predicted octanol–water partition coefficient (Wildman–Crippen LogP) is 12.4. The molecule has 222 valence electrons. The molecule has 0 N–H and O–H groups in total. The van der Waals surface area contributed by atoms with Gasteiger partial charge in [-0.1, -0.05) is 105 Å². The monoisotopic (exact) mass is 567 g/mol. The number of benzene rings is 1. The SMILES string of the molecule is CC(C)(C)C1=C/C(=C(/c2ccccc2)c2cc(C(C)(C)C)c3ccc(C(C)(C)C)ccc2-3)[c+]2ccc(C(C)(C)C)ccc21. The Bertz CT molecular complexity index is 1700. The third-order valence-electron chi connectivity index (χ3n) is 8.99. The zero-order valence-electron chi connectivity index (χ0n) is 28.7. The van der Waals surface area contributed by atoms with Gasteiger partial charge < -0.3 is 0 Å². The second kappa shape index (κ2) is 10.6. The van der Waals surface area contributed by atoms with Crippen LogP contribution in [0.4, 0.5) is 0 Å². The third kappa shape index (κ3) is 5.99. The molecule has 0 atom stereocenters. The van der Waals surface area contributed by atoms with Crippen LogP contribution in [0, 0.1) is 5.41 Å². The van der Waals surface area contributed by atoms with Crippen LogP contribution in [0.3, 0.4) is 0 Å². The molecule has 0 heteroatoms. The molecule has 0 amide bonds. The van der Waals surface area contributed by atoms with Gasteiger partial charge in [-0.05, 0) is 101 Å². The van der Waals surface area contributed by atoms with E-state index in [1.54, 1.807) is 0 Å². The molecule has 0 saturated carbocycles. The molecule has 0 heterocycles. The Kier molecular flexibility index (Phi) is 7.61. The van der Waals surface area contributed by atoms with Crippen molar-refractivity contribution in [3.63, 3.8) is 0 Å². The number of hydrogen-bond donors (Lipinski definition) is 0. The van der Waals surface area contributed by atoms with E-state index < -0.39 is 0 Å². The van der Waals surface area contributed by atoms with E-state index in [0.717, 1.165) is 0 Å². The molecule has 2 aromatic carbocycles. The number of allylic oxidation sites excluding steroid dienone is 3. The second-order valence-corrected chi connectivity index (χ2v) is 16.6. The Hall–Kier alpha value is -3.51. The Balaban J connectivity index is 1.95. The summed E-state index contributed by atoms with van der Waals surface area (Å²) in [6.07, 6.45) is 2.49. The first-order valence-electron chi connectivity index (χ1n) is 16.0. The second-order valence-electron chi connectivity index (χ2n) is 16.6. The molecule has 0 radical (unpaired) electrons. The molecular formula is C43H51+. The number of hydrogen-bond acceptors (Lipinski definition) is 0. The molecule has 0 aromatic heterocycles. The van der Waals surface area contributed by atoms with Gasteiger partial charge in [0.25, 0.3) is 0 Å². The molecule has 0 saturated heterocycles. The first kappa shape index (κ1) is 30.9. The Labute approximate surface area is 262 Å². The zero-order valence-corrected chi connectivity index (χ0v) is 28.7. The standard InChI is InChI=1S/C43H51/c1-40(2,3)29-18-22-31-33(24-20-29)37(42(7,8)9)26-35(31)39(28-16-14-13-15-17-28)36-27-38(43(10,11)12)34-25-21-30(41(4,5)6)19-23-32(34)36/h13-27H,1-12H3/q+1/b39-35+. The topological polar surface area (TPSA) is 0 Å². The molecule has 0 bridgehead atoms. The third-order valence-corrected chi connectivity index (χ3v) is 8.99. The Morgan fingerprint density at radius 1 is 0.535 bits per heavy atom. The first-order valence-corrected chi connectivity index (χ1v) is 16.0. The maximum absolute atomic E-state index is 2.49. The maximum Gasteiger partial charge on any atom is 0.0798 e. The van der Waals surface area contributed by atoms with Gasteiger partial charge >= 0.3 is 0 Å². The molecule has 0 nitrogen and oxygen atoms in total. The van der Waals surface area contributed by atoms with Crippen molar-refractivity contribution in [1.82, 2.24) is 0 Å². The minimum absolute atomic E-state index is 0.00720. The summed E-state index contributed by atoms with van der Waals surface area (Å²) in [7, 11) is 0. The molecule has 0 fully saturated rings. The lowest BCUT2D eigenvalue weighted by Gasteiger charge is -2.19. The molecular weight excluding hydrogens is 516 g/mol. The van der Waals surface area contributed by atoms with Crippen LogP contribution in [0.25, 0.3) is 27.8 Å². The largest absolute Gasteiger partial charge is 0.0798 e. The summed E-state index contributed by atoms with van der Waals surface area (Å²) >= 11 is 0. The molecule has 3 aliphatic rings. The lowest BCUT2D eigenvalue weighted by Crippen LogP contribution is -2.10. The van der Waals surface area contributed by atoms with E-state index >= 15 is 0 Å². The molecule has 2 aromatic rings. The predicted molar refractivity (Wildman–Crippen MR) is 190 cm³/mol. The van der Waals surface area contributed by atoms with Crippen LogP contribution in [0.15, 0.2) is 91.0 Å². The normalized spacial score (nSPS) is 15.4. The van der Waals surface area contributed by atoms with Crippen LogP contribution in [0.2, 0.25) is 0 Å². The van der Waals surface area contributed by atoms with E-state index in [2.05, 4.69) is 174 Å². The fourth-order valence-corrected chi connectivity index (χ4v) is 6.42. The average Bonchev–Trinajstić information content (AvgIpc) is 3.22. The van der Waals surface area contributed by atoms with Gasteiger partial charge in [-0.2, -0.15) is 0 Å². The van der Waals surface area contributed by atoms with Crippen LogP contribution in [-0.2, 0) is 16.2 Å². The summed E-state index contributed by atoms with van der Waals surface area (Å²) in [5, 5.41) is 0. The van der Waals surface area contributed by atoms with Gasteiger partial charge in [-0.25, -0.2) is 0 Å². The Morgan fingerprint density at radius 3 is 1.65 bits per heavy atom. The quantitative estimate of drug-likeness (QED) is 0.211. The zero-order chi connectivity index (χ0) is 31.5. The van der Waals surface area contributed by atoms with Crippen molar-refractivity contribution >= 4 is 16.7 Å². The van der Waals surface area contributed by atoms with E-state index in [0.29, 0.717) is 0 Å². The van der Waals surface area contributed by atoms with Gasteiger partial charge in [0.05, 0.1) is 22.3 Å².